The molecule has 172 valence electrons. The minimum absolute atomic E-state index is 0.0863. The molecule has 1 unspecified atom stereocenters. The molecule has 0 saturated heterocycles. The van der Waals surface area contributed by atoms with Crippen molar-refractivity contribution >= 4 is 23.2 Å². The number of nitrogens with zero attached hydrogens (tertiary/aromatic N) is 5. The number of methoxy groups -OCH3 is 1. The summed E-state index contributed by atoms with van der Waals surface area (Å²) >= 11 is 6.14. The smallest absolute Gasteiger partial charge is 0.222 e. The zero-order valence-electron chi connectivity index (χ0n) is 19.2. The molecular formula is C24H27ClN6O2. The van der Waals surface area contributed by atoms with Crippen LogP contribution in [-0.4, -0.2) is 65.6 Å². The number of carbonyl (C=O) groups excluding carboxylic acids is 1. The molecule has 9 heteroatoms. The van der Waals surface area contributed by atoms with E-state index in [2.05, 4.69) is 15.5 Å². The second-order valence-corrected chi connectivity index (χ2v) is 8.62. The van der Waals surface area contributed by atoms with Crippen LogP contribution < -0.4 is 10.1 Å². The summed E-state index contributed by atoms with van der Waals surface area (Å²) in [4.78, 5) is 19.9. The van der Waals surface area contributed by atoms with Crippen molar-refractivity contribution in [3.8, 4) is 11.4 Å². The van der Waals surface area contributed by atoms with Crippen molar-refractivity contribution in [2.75, 3.05) is 34.3 Å². The van der Waals surface area contributed by atoms with Gasteiger partial charge in [-0.25, -0.2) is 0 Å². The van der Waals surface area contributed by atoms with Gasteiger partial charge in [0.05, 0.1) is 24.9 Å². The lowest BCUT2D eigenvalue weighted by molar-refractivity contribution is -0.121. The number of hydrogen-bond donors (Lipinski definition) is 1. The van der Waals surface area contributed by atoms with E-state index < -0.39 is 6.04 Å². The van der Waals surface area contributed by atoms with Gasteiger partial charge in [0, 0.05) is 29.2 Å². The van der Waals surface area contributed by atoms with E-state index in [1.807, 2.05) is 73.0 Å². The third kappa shape index (κ3) is 4.91. The topological polar surface area (TPSA) is 84.6 Å². The summed E-state index contributed by atoms with van der Waals surface area (Å²) in [6.45, 7) is 3.22. The first-order valence-corrected chi connectivity index (χ1v) is 11.1. The van der Waals surface area contributed by atoms with E-state index >= 15 is 0 Å². The van der Waals surface area contributed by atoms with E-state index in [0.29, 0.717) is 23.1 Å². The molecule has 0 radical (unpaired) electrons. The fourth-order valence-corrected chi connectivity index (χ4v) is 3.97. The molecule has 3 aromatic rings. The van der Waals surface area contributed by atoms with Gasteiger partial charge in [-0.3, -0.25) is 14.4 Å². The number of benzene rings is 2. The van der Waals surface area contributed by atoms with Crippen molar-refractivity contribution in [3.05, 3.63) is 70.3 Å². The Bertz CT molecular complexity index is 1190. The summed E-state index contributed by atoms with van der Waals surface area (Å²) in [5.41, 5.74) is 3.40. The Kier molecular flexibility index (Phi) is 6.76. The Morgan fingerprint density at radius 1 is 1.18 bits per heavy atom. The monoisotopic (exact) mass is 466 g/mol. The summed E-state index contributed by atoms with van der Waals surface area (Å²) < 4.78 is 7.47. The predicted molar refractivity (Wildman–Crippen MR) is 129 cm³/mol. The lowest BCUT2D eigenvalue weighted by Gasteiger charge is -2.14. The first-order chi connectivity index (χ1) is 15.9. The minimum Gasteiger partial charge on any atom is -0.497 e. The zero-order valence-corrected chi connectivity index (χ0v) is 19.9. The highest BCUT2D eigenvalue weighted by molar-refractivity contribution is 6.30. The minimum atomic E-state index is -0.505. The number of halogens is 1. The van der Waals surface area contributed by atoms with Crippen molar-refractivity contribution in [1.82, 2.24) is 25.0 Å². The first-order valence-electron chi connectivity index (χ1n) is 10.7. The van der Waals surface area contributed by atoms with E-state index in [1.165, 1.54) is 0 Å². The molecule has 0 fully saturated rings. The van der Waals surface area contributed by atoms with Crippen LogP contribution in [0.4, 0.5) is 0 Å². The van der Waals surface area contributed by atoms with Crippen LogP contribution in [0.25, 0.3) is 5.69 Å². The van der Waals surface area contributed by atoms with Crippen LogP contribution in [0, 0.1) is 6.92 Å². The molecule has 1 aromatic heterocycles. The van der Waals surface area contributed by atoms with Gasteiger partial charge in [0.15, 0.2) is 5.82 Å². The molecule has 0 saturated carbocycles. The van der Waals surface area contributed by atoms with Crippen molar-refractivity contribution in [2.24, 2.45) is 4.99 Å². The van der Waals surface area contributed by atoms with Gasteiger partial charge in [-0.15, -0.1) is 10.2 Å². The van der Waals surface area contributed by atoms with Crippen LogP contribution in [0.3, 0.4) is 0 Å². The quantitative estimate of drug-likeness (QED) is 0.578. The summed E-state index contributed by atoms with van der Waals surface area (Å²) in [6.07, 6.45) is 0.160. The fourth-order valence-electron chi connectivity index (χ4n) is 3.84. The molecule has 0 aliphatic carbocycles. The molecule has 0 spiro atoms. The van der Waals surface area contributed by atoms with Gasteiger partial charge in [0.25, 0.3) is 0 Å². The van der Waals surface area contributed by atoms with E-state index in [1.54, 1.807) is 7.11 Å². The molecule has 0 bridgehead atoms. The molecular weight excluding hydrogens is 440 g/mol. The Labute approximate surface area is 198 Å². The molecule has 1 N–H and O–H groups in total. The van der Waals surface area contributed by atoms with Gasteiger partial charge in [0.2, 0.25) is 5.91 Å². The summed E-state index contributed by atoms with van der Waals surface area (Å²) in [5.74, 6) is 1.98. The number of fused-ring (bicyclic) bond motifs is 3. The molecule has 1 aliphatic heterocycles. The van der Waals surface area contributed by atoms with Gasteiger partial charge >= 0.3 is 0 Å². The van der Waals surface area contributed by atoms with Crippen LogP contribution in [0.15, 0.2) is 47.5 Å². The van der Waals surface area contributed by atoms with Gasteiger partial charge in [-0.1, -0.05) is 23.7 Å². The first kappa shape index (κ1) is 22.9. The van der Waals surface area contributed by atoms with Gasteiger partial charge in [-0.2, -0.15) is 0 Å². The van der Waals surface area contributed by atoms with Crippen molar-refractivity contribution in [1.29, 1.82) is 0 Å². The lowest BCUT2D eigenvalue weighted by Crippen LogP contribution is -2.32. The van der Waals surface area contributed by atoms with Crippen LogP contribution in [-0.2, 0) is 4.79 Å². The van der Waals surface area contributed by atoms with E-state index in [4.69, 9.17) is 21.3 Å². The number of aromatic nitrogens is 3. The van der Waals surface area contributed by atoms with E-state index in [-0.39, 0.29) is 12.3 Å². The van der Waals surface area contributed by atoms with Crippen molar-refractivity contribution < 1.29 is 9.53 Å². The summed E-state index contributed by atoms with van der Waals surface area (Å²) in [6, 6.07) is 12.8. The van der Waals surface area contributed by atoms with Crippen molar-refractivity contribution in [3.63, 3.8) is 0 Å². The average Bonchev–Trinajstić information content (AvgIpc) is 3.11. The second-order valence-electron chi connectivity index (χ2n) is 8.18. The predicted octanol–water partition coefficient (Wildman–Crippen LogP) is 3.20. The van der Waals surface area contributed by atoms with Crippen LogP contribution in [0.1, 0.15) is 35.2 Å². The number of carbonyl (C=O) groups is 1. The highest BCUT2D eigenvalue weighted by Crippen LogP contribution is 2.34. The van der Waals surface area contributed by atoms with Crippen molar-refractivity contribution in [2.45, 2.75) is 19.4 Å². The van der Waals surface area contributed by atoms with E-state index in [0.717, 1.165) is 34.9 Å². The Morgan fingerprint density at radius 3 is 2.64 bits per heavy atom. The average molecular weight is 467 g/mol. The Hall–Kier alpha value is -3.23. The lowest BCUT2D eigenvalue weighted by atomic mass is 10.00. The number of rotatable bonds is 7. The molecule has 1 aliphatic rings. The Balaban J connectivity index is 1.81. The number of aliphatic imine (C=N–C) groups is 1. The molecule has 8 nitrogen and oxygen atoms in total. The highest BCUT2D eigenvalue weighted by Gasteiger charge is 2.30. The van der Waals surface area contributed by atoms with E-state index in [9.17, 15) is 4.79 Å². The molecule has 2 heterocycles. The third-order valence-electron chi connectivity index (χ3n) is 5.51. The molecule has 33 heavy (non-hydrogen) atoms. The third-order valence-corrected chi connectivity index (χ3v) is 5.76. The molecule has 2 aromatic carbocycles. The zero-order chi connectivity index (χ0) is 23.5. The number of aryl methyl sites for hydroxylation is 1. The largest absolute Gasteiger partial charge is 0.497 e. The number of nitrogens with one attached hydrogen (secondary N) is 1. The highest BCUT2D eigenvalue weighted by atomic mass is 35.5. The summed E-state index contributed by atoms with van der Waals surface area (Å²) in [5, 5.41) is 12.3. The van der Waals surface area contributed by atoms with Gasteiger partial charge < -0.3 is 15.0 Å². The molecule has 4 rings (SSSR count). The SMILES string of the molecule is COc1ccc2c(c1)C(c1ccc(Cl)cc1)=NC(CC(=O)NCCN(C)C)c1nnc(C)n1-2. The normalized spacial score (nSPS) is 14.8. The number of likely N-dealkylation sites (N-methyl/N-ethyl adjacent to an activating group) is 1. The van der Waals surface area contributed by atoms with Crippen LogP contribution in [0.5, 0.6) is 5.75 Å². The maximum Gasteiger partial charge on any atom is 0.222 e. The Morgan fingerprint density at radius 2 is 1.94 bits per heavy atom. The number of amides is 1. The number of ether oxygens (including phenoxy) is 1. The maximum absolute atomic E-state index is 12.8. The molecule has 1 atom stereocenters. The standard InChI is InChI=1S/C24H27ClN6O2/c1-15-28-29-24-20(14-22(32)26-11-12-30(2)3)27-23(16-5-7-17(25)8-6-16)19-13-18(33-4)9-10-21(19)31(15)24/h5-10,13,20H,11-12,14H2,1-4H3,(H,26,32). The van der Waals surface area contributed by atoms with Crippen LogP contribution in [0.2, 0.25) is 5.02 Å². The summed E-state index contributed by atoms with van der Waals surface area (Å²) in [7, 11) is 5.57. The fraction of sp³-hybridized carbons (Fsp3) is 0.333. The second kappa shape index (κ2) is 9.72. The molecule has 1 amide bonds. The van der Waals surface area contributed by atoms with Crippen LogP contribution >= 0.6 is 11.6 Å². The van der Waals surface area contributed by atoms with Gasteiger partial charge in [0.1, 0.15) is 17.6 Å². The number of hydrogen-bond acceptors (Lipinski definition) is 6. The van der Waals surface area contributed by atoms with Gasteiger partial charge in [-0.05, 0) is 51.4 Å². The maximum atomic E-state index is 12.8.